The summed E-state index contributed by atoms with van der Waals surface area (Å²) in [5.74, 6) is 3.00. The average molecular weight is 328 g/mol. The van der Waals surface area contributed by atoms with E-state index in [2.05, 4.69) is 26.0 Å². The molecule has 0 spiro atoms. The van der Waals surface area contributed by atoms with E-state index in [1.165, 1.54) is 38.5 Å². The lowest BCUT2D eigenvalue weighted by molar-refractivity contribution is -0.104. The highest BCUT2D eigenvalue weighted by molar-refractivity contribution is 5.64. The SMILES string of the molecule is C[C@]12CC[C@H]3[C@@H](CC=C4C[C@@H](O)CC[C@@]43C)[C@@H]1CC[C@@H]2/C=C/C=O. The van der Waals surface area contributed by atoms with Gasteiger partial charge in [-0.15, -0.1) is 0 Å². The normalized spacial score (nSPS) is 50.8. The van der Waals surface area contributed by atoms with Crippen molar-refractivity contribution in [3.05, 3.63) is 23.8 Å². The van der Waals surface area contributed by atoms with Gasteiger partial charge < -0.3 is 5.11 Å². The lowest BCUT2D eigenvalue weighted by Gasteiger charge is -2.58. The number of aliphatic hydroxyl groups excluding tert-OH is 1. The van der Waals surface area contributed by atoms with E-state index in [1.54, 1.807) is 11.6 Å². The Hall–Kier alpha value is -0.890. The predicted octanol–water partition coefficient (Wildman–Crippen LogP) is 4.68. The van der Waals surface area contributed by atoms with E-state index in [1.807, 2.05) is 0 Å². The molecule has 0 heterocycles. The van der Waals surface area contributed by atoms with Crippen LogP contribution in [0.25, 0.3) is 0 Å². The van der Waals surface area contributed by atoms with Crippen molar-refractivity contribution >= 4 is 6.29 Å². The quantitative estimate of drug-likeness (QED) is 0.454. The van der Waals surface area contributed by atoms with Gasteiger partial charge in [0.1, 0.15) is 6.29 Å². The summed E-state index contributed by atoms with van der Waals surface area (Å²) >= 11 is 0. The van der Waals surface area contributed by atoms with Crippen molar-refractivity contribution < 1.29 is 9.90 Å². The Balaban J connectivity index is 1.63. The number of aldehydes is 1. The van der Waals surface area contributed by atoms with Crippen molar-refractivity contribution in [1.29, 1.82) is 0 Å². The van der Waals surface area contributed by atoms with Gasteiger partial charge in [0.2, 0.25) is 0 Å². The molecule has 2 heteroatoms. The van der Waals surface area contributed by atoms with E-state index in [-0.39, 0.29) is 6.10 Å². The van der Waals surface area contributed by atoms with Gasteiger partial charge in [-0.2, -0.15) is 0 Å². The molecule has 0 unspecified atom stereocenters. The van der Waals surface area contributed by atoms with Gasteiger partial charge in [-0.05, 0) is 91.9 Å². The van der Waals surface area contributed by atoms with E-state index in [0.717, 1.165) is 36.9 Å². The molecule has 1 N–H and O–H groups in total. The van der Waals surface area contributed by atoms with Crippen LogP contribution in [0.5, 0.6) is 0 Å². The zero-order valence-electron chi connectivity index (χ0n) is 15.2. The largest absolute Gasteiger partial charge is 0.393 e. The number of carbonyl (C=O) groups excluding carboxylic acids is 1. The van der Waals surface area contributed by atoms with E-state index in [9.17, 15) is 9.90 Å². The molecule has 0 aromatic carbocycles. The third-order valence-electron chi connectivity index (χ3n) is 8.57. The Morgan fingerprint density at radius 1 is 1.12 bits per heavy atom. The fraction of sp³-hybridized carbons (Fsp3) is 0.773. The van der Waals surface area contributed by atoms with Crippen LogP contribution in [-0.2, 0) is 4.79 Å². The number of rotatable bonds is 2. The van der Waals surface area contributed by atoms with E-state index in [0.29, 0.717) is 16.7 Å². The van der Waals surface area contributed by atoms with Crippen molar-refractivity contribution in [2.75, 3.05) is 0 Å². The maximum absolute atomic E-state index is 10.8. The maximum Gasteiger partial charge on any atom is 0.142 e. The molecule has 132 valence electrons. The molecule has 3 saturated carbocycles. The molecule has 0 saturated heterocycles. The number of hydrogen-bond acceptors (Lipinski definition) is 2. The summed E-state index contributed by atoms with van der Waals surface area (Å²) in [5.41, 5.74) is 2.28. The molecule has 0 aromatic rings. The van der Waals surface area contributed by atoms with Crippen LogP contribution < -0.4 is 0 Å². The summed E-state index contributed by atoms with van der Waals surface area (Å²) in [6.45, 7) is 4.98. The van der Waals surface area contributed by atoms with Gasteiger partial charge in [0, 0.05) is 0 Å². The van der Waals surface area contributed by atoms with E-state index < -0.39 is 0 Å². The summed E-state index contributed by atoms with van der Waals surface area (Å²) in [6.07, 6.45) is 16.7. The van der Waals surface area contributed by atoms with Crippen molar-refractivity contribution in [2.45, 2.75) is 71.3 Å². The van der Waals surface area contributed by atoms with Crippen molar-refractivity contribution in [1.82, 2.24) is 0 Å². The summed E-state index contributed by atoms with van der Waals surface area (Å²) in [5, 5.41) is 10.1. The second-order valence-corrected chi connectivity index (χ2v) is 9.41. The molecule has 0 bridgehead atoms. The molecule has 0 aromatic heterocycles. The molecule has 4 aliphatic carbocycles. The summed E-state index contributed by atoms with van der Waals surface area (Å²) < 4.78 is 0. The van der Waals surface area contributed by atoms with Crippen molar-refractivity contribution in [2.24, 2.45) is 34.5 Å². The smallest absolute Gasteiger partial charge is 0.142 e. The molecule has 7 atom stereocenters. The Morgan fingerprint density at radius 3 is 2.75 bits per heavy atom. The minimum Gasteiger partial charge on any atom is -0.393 e. The van der Waals surface area contributed by atoms with Crippen LogP contribution in [0.2, 0.25) is 0 Å². The minimum absolute atomic E-state index is 0.112. The van der Waals surface area contributed by atoms with Crippen molar-refractivity contribution in [3.8, 4) is 0 Å². The molecule has 3 fully saturated rings. The third-order valence-corrected chi connectivity index (χ3v) is 8.57. The molecule has 0 radical (unpaired) electrons. The molecule has 0 aliphatic heterocycles. The Labute approximate surface area is 146 Å². The summed E-state index contributed by atoms with van der Waals surface area (Å²) in [4.78, 5) is 10.8. The molecule has 4 aliphatic rings. The van der Waals surface area contributed by atoms with Gasteiger partial charge in [-0.3, -0.25) is 4.79 Å². The first kappa shape index (κ1) is 16.6. The first-order chi connectivity index (χ1) is 11.5. The molecule has 0 amide bonds. The molecular formula is C22H32O2. The number of carbonyl (C=O) groups is 1. The summed E-state index contributed by atoms with van der Waals surface area (Å²) in [6, 6.07) is 0. The Morgan fingerprint density at radius 2 is 1.96 bits per heavy atom. The van der Waals surface area contributed by atoms with Crippen LogP contribution in [-0.4, -0.2) is 17.5 Å². The number of aliphatic hydroxyl groups is 1. The van der Waals surface area contributed by atoms with Crippen LogP contribution in [0, 0.1) is 34.5 Å². The Kier molecular flexibility index (Phi) is 4.03. The summed E-state index contributed by atoms with van der Waals surface area (Å²) in [7, 11) is 0. The van der Waals surface area contributed by atoms with Gasteiger partial charge in [-0.25, -0.2) is 0 Å². The first-order valence-electron chi connectivity index (χ1n) is 9.98. The second-order valence-electron chi connectivity index (χ2n) is 9.41. The predicted molar refractivity (Wildman–Crippen MR) is 96.4 cm³/mol. The monoisotopic (exact) mass is 328 g/mol. The van der Waals surface area contributed by atoms with Crippen LogP contribution in [0.1, 0.15) is 65.2 Å². The lowest BCUT2D eigenvalue weighted by atomic mass is 9.47. The van der Waals surface area contributed by atoms with Gasteiger partial charge in [0.25, 0.3) is 0 Å². The standard InChI is InChI=1S/C22H32O2/c1-21-12-10-20-18(19(21)8-6-15(21)4-3-13-23)7-5-16-14-17(24)9-11-22(16,20)2/h3-5,13,15,17-20,24H,6-12,14H2,1-2H3/b4-3+/t15-,17-,18-,19-,20-,21+,22-/m0/s1. The van der Waals surface area contributed by atoms with Gasteiger partial charge in [0.15, 0.2) is 0 Å². The number of fused-ring (bicyclic) bond motifs is 5. The fourth-order valence-corrected chi connectivity index (χ4v) is 7.18. The van der Waals surface area contributed by atoms with Crippen LogP contribution in [0.15, 0.2) is 23.8 Å². The molecule has 24 heavy (non-hydrogen) atoms. The van der Waals surface area contributed by atoms with Crippen LogP contribution in [0.3, 0.4) is 0 Å². The second kappa shape index (κ2) is 5.83. The van der Waals surface area contributed by atoms with Crippen LogP contribution >= 0.6 is 0 Å². The lowest BCUT2D eigenvalue weighted by Crippen LogP contribution is -2.50. The molecule has 2 nitrogen and oxygen atoms in total. The van der Waals surface area contributed by atoms with E-state index in [4.69, 9.17) is 0 Å². The zero-order chi connectivity index (χ0) is 16.9. The number of allylic oxidation sites excluding steroid dienone is 3. The topological polar surface area (TPSA) is 37.3 Å². The average Bonchev–Trinajstić information content (AvgIpc) is 2.90. The number of hydrogen-bond donors (Lipinski definition) is 1. The minimum atomic E-state index is -0.112. The van der Waals surface area contributed by atoms with Gasteiger partial charge in [-0.1, -0.05) is 31.6 Å². The highest BCUT2D eigenvalue weighted by atomic mass is 16.3. The first-order valence-corrected chi connectivity index (χ1v) is 9.98. The molecular weight excluding hydrogens is 296 g/mol. The highest BCUT2D eigenvalue weighted by Gasteiger charge is 2.57. The van der Waals surface area contributed by atoms with Gasteiger partial charge >= 0.3 is 0 Å². The highest BCUT2D eigenvalue weighted by Crippen LogP contribution is 2.66. The molecule has 4 rings (SSSR count). The Bertz CT molecular complexity index is 577. The maximum atomic E-state index is 10.8. The van der Waals surface area contributed by atoms with Crippen molar-refractivity contribution in [3.63, 3.8) is 0 Å². The van der Waals surface area contributed by atoms with Gasteiger partial charge in [0.05, 0.1) is 6.10 Å². The fourth-order valence-electron chi connectivity index (χ4n) is 7.18. The van der Waals surface area contributed by atoms with Crippen LogP contribution in [0.4, 0.5) is 0 Å². The van der Waals surface area contributed by atoms with E-state index >= 15 is 0 Å². The zero-order valence-corrected chi connectivity index (χ0v) is 15.2. The third kappa shape index (κ3) is 2.29.